The molecule has 0 aliphatic carbocycles. The molecule has 0 fully saturated rings. The lowest BCUT2D eigenvalue weighted by molar-refractivity contribution is 0.101. The zero-order valence-corrected chi connectivity index (χ0v) is 13.7. The molecule has 1 aromatic carbocycles. The smallest absolute Gasteiger partial charge is 0.272 e. The Morgan fingerprint density at radius 1 is 1.38 bits per heavy atom. The van der Waals surface area contributed by atoms with Gasteiger partial charge in [0.05, 0.1) is 10.2 Å². The molecule has 4 nitrogen and oxygen atoms in total. The van der Waals surface area contributed by atoms with E-state index in [1.165, 1.54) is 6.07 Å². The monoisotopic (exact) mass is 353 g/mol. The van der Waals surface area contributed by atoms with E-state index in [0.29, 0.717) is 21.5 Å². The molecule has 0 saturated carbocycles. The Morgan fingerprint density at radius 3 is 2.67 bits per heavy atom. The lowest BCUT2D eigenvalue weighted by Crippen LogP contribution is -2.18. The minimum atomic E-state index is -0.422. The van der Waals surface area contributed by atoms with E-state index < -0.39 is 5.82 Å². The number of hydrogen-bond acceptors (Lipinski definition) is 2. The number of aromatic nitrogens is 1. The number of amides is 1. The zero-order valence-electron chi connectivity index (χ0n) is 12.1. The van der Waals surface area contributed by atoms with E-state index in [1.54, 1.807) is 29.8 Å². The van der Waals surface area contributed by atoms with Gasteiger partial charge >= 0.3 is 0 Å². The fourth-order valence-corrected chi connectivity index (χ4v) is 2.53. The molecule has 0 saturated heterocycles. The molecule has 2 rings (SSSR count). The van der Waals surface area contributed by atoms with Crippen molar-refractivity contribution in [3.63, 3.8) is 0 Å². The van der Waals surface area contributed by atoms with Crippen LogP contribution in [0.5, 0.6) is 0 Å². The highest BCUT2D eigenvalue weighted by atomic mass is 79.9. The highest BCUT2D eigenvalue weighted by molar-refractivity contribution is 9.10. The highest BCUT2D eigenvalue weighted by Crippen LogP contribution is 2.25. The summed E-state index contributed by atoms with van der Waals surface area (Å²) in [5, 5.41) is 2.73. The van der Waals surface area contributed by atoms with Crippen LogP contribution in [0.1, 0.15) is 35.9 Å². The van der Waals surface area contributed by atoms with Gasteiger partial charge in [0.25, 0.3) is 5.91 Å². The Balaban J connectivity index is 2.33. The van der Waals surface area contributed by atoms with Crippen LogP contribution in [0.25, 0.3) is 0 Å². The molecule has 0 bridgehead atoms. The number of aryl methyl sites for hydroxylation is 1. The van der Waals surface area contributed by atoms with Crippen LogP contribution in [0, 0.1) is 12.7 Å². The van der Waals surface area contributed by atoms with Crippen LogP contribution < -0.4 is 11.1 Å². The molecule has 1 heterocycles. The van der Waals surface area contributed by atoms with Crippen molar-refractivity contribution in [2.75, 3.05) is 11.1 Å². The van der Waals surface area contributed by atoms with E-state index in [0.717, 1.165) is 5.56 Å². The van der Waals surface area contributed by atoms with E-state index in [1.807, 2.05) is 13.8 Å². The number of benzene rings is 1. The van der Waals surface area contributed by atoms with E-state index in [9.17, 15) is 9.18 Å². The fraction of sp³-hybridized carbons (Fsp3) is 0.267. The third kappa shape index (κ3) is 3.26. The van der Waals surface area contributed by atoms with Gasteiger partial charge in [-0.1, -0.05) is 0 Å². The molecule has 3 N–H and O–H groups in total. The summed E-state index contributed by atoms with van der Waals surface area (Å²) < 4.78 is 15.8. The maximum atomic E-state index is 13.6. The van der Waals surface area contributed by atoms with Crippen molar-refractivity contribution >= 4 is 33.2 Å². The van der Waals surface area contributed by atoms with Gasteiger partial charge in [0.1, 0.15) is 11.5 Å². The summed E-state index contributed by atoms with van der Waals surface area (Å²) in [6.07, 6.45) is 1.72. The standard InChI is InChI=1S/C15H17BrFN3O/c1-8(2)20-7-10(18)5-14(20)15(21)19-13-6-12(17)11(16)4-9(13)3/h4-8H,18H2,1-3H3,(H,19,21). The first-order chi connectivity index (χ1) is 9.79. The van der Waals surface area contributed by atoms with Crippen LogP contribution in [0.2, 0.25) is 0 Å². The van der Waals surface area contributed by atoms with Gasteiger partial charge in [-0.15, -0.1) is 0 Å². The van der Waals surface area contributed by atoms with Crippen LogP contribution in [0.15, 0.2) is 28.9 Å². The number of nitrogens with zero attached hydrogens (tertiary/aromatic N) is 1. The van der Waals surface area contributed by atoms with Crippen LogP contribution in [0.4, 0.5) is 15.8 Å². The second-order valence-corrected chi connectivity index (χ2v) is 6.05. The normalized spacial score (nSPS) is 11.0. The molecule has 0 unspecified atom stereocenters. The number of nitrogens with one attached hydrogen (secondary N) is 1. The summed E-state index contributed by atoms with van der Waals surface area (Å²) >= 11 is 3.12. The van der Waals surface area contributed by atoms with Crippen LogP contribution in [0.3, 0.4) is 0 Å². The zero-order chi connectivity index (χ0) is 15.7. The summed E-state index contributed by atoms with van der Waals surface area (Å²) in [5.41, 5.74) is 7.94. The van der Waals surface area contributed by atoms with Gasteiger partial charge in [-0.2, -0.15) is 0 Å². The minimum Gasteiger partial charge on any atom is -0.397 e. The quantitative estimate of drug-likeness (QED) is 0.871. The molecule has 6 heteroatoms. The van der Waals surface area contributed by atoms with Crippen molar-refractivity contribution < 1.29 is 9.18 Å². The molecule has 1 aromatic heterocycles. The maximum absolute atomic E-state index is 13.6. The van der Waals surface area contributed by atoms with Gasteiger partial charge < -0.3 is 15.6 Å². The average molecular weight is 354 g/mol. The first kappa shape index (κ1) is 15.6. The van der Waals surface area contributed by atoms with Gasteiger partial charge in [0, 0.05) is 17.9 Å². The summed E-state index contributed by atoms with van der Waals surface area (Å²) in [4.78, 5) is 12.4. The third-order valence-electron chi connectivity index (χ3n) is 3.17. The number of anilines is 2. The van der Waals surface area contributed by atoms with Crippen molar-refractivity contribution in [3.05, 3.63) is 45.9 Å². The maximum Gasteiger partial charge on any atom is 0.272 e. The lowest BCUT2D eigenvalue weighted by Gasteiger charge is -2.14. The summed E-state index contributed by atoms with van der Waals surface area (Å²) in [6, 6.07) is 4.63. The number of rotatable bonds is 3. The van der Waals surface area contributed by atoms with Gasteiger partial charge in [-0.25, -0.2) is 4.39 Å². The molecule has 0 spiro atoms. The Labute approximate surface area is 131 Å². The molecule has 0 aliphatic heterocycles. The van der Waals surface area contributed by atoms with E-state index in [-0.39, 0.29) is 11.9 Å². The van der Waals surface area contributed by atoms with Crippen molar-refractivity contribution in [2.24, 2.45) is 0 Å². The Bertz CT molecular complexity index is 694. The molecular weight excluding hydrogens is 337 g/mol. The number of hydrogen-bond donors (Lipinski definition) is 2. The van der Waals surface area contributed by atoms with Gasteiger partial charge in [0.15, 0.2) is 0 Å². The molecular formula is C15H17BrFN3O. The number of carbonyl (C=O) groups is 1. The van der Waals surface area contributed by atoms with Crippen molar-refractivity contribution in [1.82, 2.24) is 4.57 Å². The lowest BCUT2D eigenvalue weighted by atomic mass is 10.2. The second kappa shape index (κ2) is 5.89. The minimum absolute atomic E-state index is 0.103. The number of nitrogen functional groups attached to an aromatic ring is 1. The summed E-state index contributed by atoms with van der Waals surface area (Å²) in [7, 11) is 0. The molecule has 21 heavy (non-hydrogen) atoms. The average Bonchev–Trinajstić information content (AvgIpc) is 2.78. The fourth-order valence-electron chi connectivity index (χ4n) is 2.08. The SMILES string of the molecule is Cc1cc(Br)c(F)cc1NC(=O)c1cc(N)cn1C(C)C. The summed E-state index contributed by atoms with van der Waals surface area (Å²) in [6.45, 7) is 5.72. The first-order valence-electron chi connectivity index (χ1n) is 6.54. The van der Waals surface area contributed by atoms with Crippen LogP contribution in [-0.2, 0) is 0 Å². The van der Waals surface area contributed by atoms with Gasteiger partial charge in [-0.3, -0.25) is 4.79 Å². The van der Waals surface area contributed by atoms with Crippen LogP contribution in [-0.4, -0.2) is 10.5 Å². The largest absolute Gasteiger partial charge is 0.397 e. The Hall–Kier alpha value is -1.82. The molecule has 0 atom stereocenters. The summed E-state index contributed by atoms with van der Waals surface area (Å²) in [5.74, 6) is -0.736. The van der Waals surface area contributed by atoms with Crippen LogP contribution >= 0.6 is 15.9 Å². The first-order valence-corrected chi connectivity index (χ1v) is 7.33. The molecule has 112 valence electrons. The van der Waals surface area contributed by atoms with Crippen molar-refractivity contribution in [3.8, 4) is 0 Å². The van der Waals surface area contributed by atoms with Crippen molar-refractivity contribution in [1.29, 1.82) is 0 Å². The predicted molar refractivity (Wildman–Crippen MR) is 86.0 cm³/mol. The number of carbonyl (C=O) groups excluding carboxylic acids is 1. The number of nitrogens with two attached hydrogens (primary N) is 1. The van der Waals surface area contributed by atoms with Gasteiger partial charge in [-0.05, 0) is 60.5 Å². The van der Waals surface area contributed by atoms with E-state index >= 15 is 0 Å². The number of halogens is 2. The molecule has 1 amide bonds. The van der Waals surface area contributed by atoms with E-state index in [2.05, 4.69) is 21.2 Å². The van der Waals surface area contributed by atoms with E-state index in [4.69, 9.17) is 5.73 Å². The predicted octanol–water partition coefficient (Wildman–Crippen LogP) is 4.11. The topological polar surface area (TPSA) is 60.1 Å². The third-order valence-corrected chi connectivity index (χ3v) is 3.78. The Morgan fingerprint density at radius 2 is 2.05 bits per heavy atom. The highest BCUT2D eigenvalue weighted by Gasteiger charge is 2.16. The van der Waals surface area contributed by atoms with Crippen molar-refractivity contribution in [2.45, 2.75) is 26.8 Å². The van der Waals surface area contributed by atoms with Gasteiger partial charge in [0.2, 0.25) is 0 Å². The Kier molecular flexibility index (Phi) is 4.37. The molecule has 2 aromatic rings. The molecule has 0 aliphatic rings. The second-order valence-electron chi connectivity index (χ2n) is 5.20. The molecule has 0 radical (unpaired) electrons.